The zero-order valence-electron chi connectivity index (χ0n) is 14.4. The number of hydrogen-bond acceptors (Lipinski definition) is 2. The lowest BCUT2D eigenvalue weighted by Crippen LogP contribution is -2.35. The SMILES string of the molecule is CCc1ccccc1NCc1cccc(C(=O)N2CCCCC2)c1. The van der Waals surface area contributed by atoms with E-state index in [2.05, 4.69) is 42.6 Å². The monoisotopic (exact) mass is 322 g/mol. The Labute approximate surface area is 144 Å². The Hall–Kier alpha value is -2.29. The van der Waals surface area contributed by atoms with Crippen LogP contribution in [-0.2, 0) is 13.0 Å². The van der Waals surface area contributed by atoms with Gasteiger partial charge in [0.15, 0.2) is 0 Å². The van der Waals surface area contributed by atoms with Crippen LogP contribution in [0.15, 0.2) is 48.5 Å². The highest BCUT2D eigenvalue weighted by molar-refractivity contribution is 5.94. The molecule has 0 bridgehead atoms. The lowest BCUT2D eigenvalue weighted by atomic mass is 10.1. The van der Waals surface area contributed by atoms with Gasteiger partial charge in [-0.05, 0) is 55.0 Å². The minimum atomic E-state index is 0.172. The first-order valence-corrected chi connectivity index (χ1v) is 8.98. The van der Waals surface area contributed by atoms with E-state index in [4.69, 9.17) is 0 Å². The Morgan fingerprint density at radius 3 is 2.62 bits per heavy atom. The van der Waals surface area contributed by atoms with Crippen molar-refractivity contribution >= 4 is 11.6 Å². The summed E-state index contributed by atoms with van der Waals surface area (Å²) in [6.07, 6.45) is 4.50. The van der Waals surface area contributed by atoms with Crippen molar-refractivity contribution in [2.75, 3.05) is 18.4 Å². The van der Waals surface area contributed by atoms with E-state index >= 15 is 0 Å². The van der Waals surface area contributed by atoms with E-state index < -0.39 is 0 Å². The molecule has 1 heterocycles. The van der Waals surface area contributed by atoms with Gasteiger partial charge in [0.25, 0.3) is 5.91 Å². The summed E-state index contributed by atoms with van der Waals surface area (Å²) in [5.41, 5.74) is 4.44. The molecule has 1 saturated heterocycles. The van der Waals surface area contributed by atoms with Crippen LogP contribution in [0, 0.1) is 0 Å². The molecule has 1 N–H and O–H groups in total. The molecule has 2 aromatic carbocycles. The number of carbonyl (C=O) groups is 1. The van der Waals surface area contributed by atoms with Gasteiger partial charge in [-0.3, -0.25) is 4.79 Å². The lowest BCUT2D eigenvalue weighted by molar-refractivity contribution is 0.0724. The highest BCUT2D eigenvalue weighted by Gasteiger charge is 2.18. The average molecular weight is 322 g/mol. The molecule has 0 aromatic heterocycles. The van der Waals surface area contributed by atoms with Crippen LogP contribution < -0.4 is 5.32 Å². The van der Waals surface area contributed by atoms with Crippen molar-refractivity contribution in [2.24, 2.45) is 0 Å². The zero-order chi connectivity index (χ0) is 16.8. The van der Waals surface area contributed by atoms with Crippen LogP contribution in [-0.4, -0.2) is 23.9 Å². The van der Waals surface area contributed by atoms with Crippen LogP contribution in [0.2, 0.25) is 0 Å². The molecule has 24 heavy (non-hydrogen) atoms. The van der Waals surface area contributed by atoms with Crippen molar-refractivity contribution in [2.45, 2.75) is 39.2 Å². The summed E-state index contributed by atoms with van der Waals surface area (Å²) in [5.74, 6) is 0.172. The lowest BCUT2D eigenvalue weighted by Gasteiger charge is -2.26. The minimum absolute atomic E-state index is 0.172. The third-order valence-corrected chi connectivity index (χ3v) is 4.70. The van der Waals surface area contributed by atoms with E-state index in [0.29, 0.717) is 0 Å². The van der Waals surface area contributed by atoms with Gasteiger partial charge < -0.3 is 10.2 Å². The number of likely N-dealkylation sites (tertiary alicyclic amines) is 1. The normalized spacial score (nSPS) is 14.5. The second-order valence-corrected chi connectivity index (χ2v) is 6.42. The number of carbonyl (C=O) groups excluding carboxylic acids is 1. The van der Waals surface area contributed by atoms with Gasteiger partial charge >= 0.3 is 0 Å². The molecule has 3 rings (SSSR count). The van der Waals surface area contributed by atoms with Gasteiger partial charge in [0, 0.05) is 30.9 Å². The first-order valence-electron chi connectivity index (χ1n) is 8.98. The van der Waals surface area contributed by atoms with Crippen LogP contribution in [0.25, 0.3) is 0 Å². The van der Waals surface area contributed by atoms with Gasteiger partial charge in [-0.1, -0.05) is 37.3 Å². The second-order valence-electron chi connectivity index (χ2n) is 6.42. The third-order valence-electron chi connectivity index (χ3n) is 4.70. The third kappa shape index (κ3) is 3.97. The van der Waals surface area contributed by atoms with Gasteiger partial charge in [-0.25, -0.2) is 0 Å². The molecule has 1 fully saturated rings. The van der Waals surface area contributed by atoms with E-state index in [0.717, 1.165) is 50.0 Å². The maximum Gasteiger partial charge on any atom is 0.253 e. The summed E-state index contributed by atoms with van der Waals surface area (Å²) in [7, 11) is 0. The summed E-state index contributed by atoms with van der Waals surface area (Å²) < 4.78 is 0. The van der Waals surface area contributed by atoms with E-state index in [1.165, 1.54) is 17.7 Å². The fourth-order valence-corrected chi connectivity index (χ4v) is 3.29. The standard InChI is InChI=1S/C21H26N2O/c1-2-18-10-4-5-12-20(18)22-16-17-9-8-11-19(15-17)21(24)23-13-6-3-7-14-23/h4-5,8-12,15,22H,2-3,6-7,13-14,16H2,1H3. The number of anilines is 1. The fourth-order valence-electron chi connectivity index (χ4n) is 3.29. The smallest absolute Gasteiger partial charge is 0.253 e. The Bertz CT molecular complexity index is 690. The molecular formula is C21H26N2O. The highest BCUT2D eigenvalue weighted by Crippen LogP contribution is 2.18. The Kier molecular flexibility index (Phi) is 5.52. The molecule has 3 heteroatoms. The van der Waals surface area contributed by atoms with E-state index in [1.807, 2.05) is 23.1 Å². The first-order chi connectivity index (χ1) is 11.8. The van der Waals surface area contributed by atoms with Gasteiger partial charge in [0.1, 0.15) is 0 Å². The zero-order valence-corrected chi connectivity index (χ0v) is 14.4. The van der Waals surface area contributed by atoms with Crippen molar-refractivity contribution < 1.29 is 4.79 Å². The summed E-state index contributed by atoms with van der Waals surface area (Å²) >= 11 is 0. The molecule has 2 aromatic rings. The number of piperidine rings is 1. The predicted molar refractivity (Wildman–Crippen MR) is 99.3 cm³/mol. The fraction of sp³-hybridized carbons (Fsp3) is 0.381. The van der Waals surface area contributed by atoms with Gasteiger partial charge in [-0.15, -0.1) is 0 Å². The Morgan fingerprint density at radius 2 is 1.83 bits per heavy atom. The maximum atomic E-state index is 12.6. The van der Waals surface area contributed by atoms with E-state index in [-0.39, 0.29) is 5.91 Å². The van der Waals surface area contributed by atoms with E-state index in [9.17, 15) is 4.79 Å². The minimum Gasteiger partial charge on any atom is -0.381 e. The average Bonchev–Trinajstić information content (AvgIpc) is 2.67. The number of para-hydroxylation sites is 1. The summed E-state index contributed by atoms with van der Waals surface area (Å²) in [5, 5.41) is 3.50. The van der Waals surface area contributed by atoms with Crippen LogP contribution in [0.5, 0.6) is 0 Å². The first kappa shape index (κ1) is 16.6. The van der Waals surface area contributed by atoms with Crippen molar-refractivity contribution in [1.29, 1.82) is 0 Å². The summed E-state index contributed by atoms with van der Waals surface area (Å²) in [6, 6.07) is 16.4. The number of nitrogens with zero attached hydrogens (tertiary/aromatic N) is 1. The molecular weight excluding hydrogens is 296 g/mol. The topological polar surface area (TPSA) is 32.3 Å². The van der Waals surface area contributed by atoms with Crippen molar-refractivity contribution in [3.63, 3.8) is 0 Å². The molecule has 1 aliphatic heterocycles. The van der Waals surface area contributed by atoms with Gasteiger partial charge in [0.2, 0.25) is 0 Å². The molecule has 1 amide bonds. The molecule has 1 aliphatic rings. The van der Waals surface area contributed by atoms with Crippen LogP contribution >= 0.6 is 0 Å². The van der Waals surface area contributed by atoms with Crippen molar-refractivity contribution in [3.05, 3.63) is 65.2 Å². The molecule has 0 atom stereocenters. The molecule has 126 valence electrons. The number of hydrogen-bond donors (Lipinski definition) is 1. The molecule has 0 spiro atoms. The van der Waals surface area contributed by atoms with Gasteiger partial charge in [0.05, 0.1) is 0 Å². The second kappa shape index (κ2) is 8.00. The number of benzene rings is 2. The van der Waals surface area contributed by atoms with Gasteiger partial charge in [-0.2, -0.15) is 0 Å². The number of nitrogens with one attached hydrogen (secondary N) is 1. The summed E-state index contributed by atoms with van der Waals surface area (Å²) in [4.78, 5) is 14.6. The van der Waals surface area contributed by atoms with E-state index in [1.54, 1.807) is 0 Å². The molecule has 0 aliphatic carbocycles. The quantitative estimate of drug-likeness (QED) is 0.880. The number of aryl methyl sites for hydroxylation is 1. The van der Waals surface area contributed by atoms with Crippen LogP contribution in [0.3, 0.4) is 0 Å². The molecule has 0 radical (unpaired) electrons. The predicted octanol–water partition coefficient (Wildman–Crippen LogP) is 4.49. The molecule has 3 nitrogen and oxygen atoms in total. The Balaban J connectivity index is 1.67. The number of amides is 1. The van der Waals surface area contributed by atoms with Crippen molar-refractivity contribution in [1.82, 2.24) is 4.90 Å². The number of rotatable bonds is 5. The van der Waals surface area contributed by atoms with Crippen LogP contribution in [0.1, 0.15) is 47.7 Å². The maximum absolute atomic E-state index is 12.6. The van der Waals surface area contributed by atoms with Crippen molar-refractivity contribution in [3.8, 4) is 0 Å². The summed E-state index contributed by atoms with van der Waals surface area (Å²) in [6.45, 7) is 4.69. The van der Waals surface area contributed by atoms with Crippen LogP contribution in [0.4, 0.5) is 5.69 Å². The molecule has 0 saturated carbocycles. The molecule has 0 unspecified atom stereocenters. The largest absolute Gasteiger partial charge is 0.381 e. The Morgan fingerprint density at radius 1 is 1.04 bits per heavy atom. The highest BCUT2D eigenvalue weighted by atomic mass is 16.2.